The summed E-state index contributed by atoms with van der Waals surface area (Å²) in [6, 6.07) is 21.4. The van der Waals surface area contributed by atoms with Crippen molar-refractivity contribution in [3.05, 3.63) is 94.9 Å². The van der Waals surface area contributed by atoms with Crippen LogP contribution < -0.4 is 24.7 Å². The Morgan fingerprint density at radius 2 is 1.85 bits per heavy atom. The number of hydrogen-bond donors (Lipinski definition) is 1. The minimum atomic E-state index is -0.535. The molecule has 1 unspecified atom stereocenters. The average molecular weight is 442 g/mol. The van der Waals surface area contributed by atoms with Gasteiger partial charge in [-0.25, -0.2) is 4.79 Å². The van der Waals surface area contributed by atoms with E-state index in [0.29, 0.717) is 35.0 Å². The summed E-state index contributed by atoms with van der Waals surface area (Å²) in [6.45, 7) is 2.43. The predicted molar refractivity (Wildman–Crippen MR) is 121 cm³/mol. The maximum absolute atomic E-state index is 12.6. The first kappa shape index (κ1) is 21.8. The second-order valence-corrected chi connectivity index (χ2v) is 7.25. The number of nitrogens with two attached hydrogens (primary N) is 1. The van der Waals surface area contributed by atoms with E-state index in [0.717, 1.165) is 11.1 Å². The molecule has 7 heteroatoms. The highest BCUT2D eigenvalue weighted by molar-refractivity contribution is 5.91. The van der Waals surface area contributed by atoms with Crippen LogP contribution in [0, 0.1) is 11.3 Å². The number of allylic oxidation sites excluding steroid dienone is 1. The molecular formula is C26H22N2O5. The van der Waals surface area contributed by atoms with Gasteiger partial charge in [0.2, 0.25) is 5.88 Å². The molecule has 0 saturated heterocycles. The van der Waals surface area contributed by atoms with Crippen molar-refractivity contribution in [2.24, 2.45) is 5.73 Å². The number of nitriles is 1. The lowest BCUT2D eigenvalue weighted by Crippen LogP contribution is -2.21. The van der Waals surface area contributed by atoms with Crippen LogP contribution in [0.5, 0.6) is 23.0 Å². The van der Waals surface area contributed by atoms with Crippen molar-refractivity contribution >= 4 is 5.97 Å². The number of esters is 1. The number of nitrogens with zero attached hydrogens (tertiary/aromatic N) is 1. The Morgan fingerprint density at radius 1 is 1.06 bits per heavy atom. The number of fused-ring (bicyclic) bond motifs is 1. The lowest BCUT2D eigenvalue weighted by Gasteiger charge is -2.27. The van der Waals surface area contributed by atoms with Crippen molar-refractivity contribution in [2.75, 3.05) is 13.7 Å². The zero-order chi connectivity index (χ0) is 23.4. The van der Waals surface area contributed by atoms with Crippen LogP contribution in [0.25, 0.3) is 0 Å². The molecule has 0 aromatic heterocycles. The first-order chi connectivity index (χ1) is 16.0. The molecule has 0 bridgehead atoms. The molecule has 1 aliphatic heterocycles. The van der Waals surface area contributed by atoms with Gasteiger partial charge in [-0.3, -0.25) is 0 Å². The third-order valence-corrected chi connectivity index (χ3v) is 5.21. The molecule has 3 aromatic rings. The third kappa shape index (κ3) is 4.46. The number of benzene rings is 3. The quantitative estimate of drug-likeness (QED) is 0.442. The maximum Gasteiger partial charge on any atom is 0.343 e. The fourth-order valence-corrected chi connectivity index (χ4v) is 3.71. The van der Waals surface area contributed by atoms with Gasteiger partial charge in [0.05, 0.1) is 25.2 Å². The smallest absolute Gasteiger partial charge is 0.343 e. The van der Waals surface area contributed by atoms with E-state index in [4.69, 9.17) is 24.7 Å². The fraction of sp³-hybridized carbons (Fsp3) is 0.154. The van der Waals surface area contributed by atoms with Gasteiger partial charge in [-0.05, 0) is 48.9 Å². The first-order valence-electron chi connectivity index (χ1n) is 10.3. The van der Waals surface area contributed by atoms with E-state index in [9.17, 15) is 10.1 Å². The van der Waals surface area contributed by atoms with Crippen molar-refractivity contribution in [2.45, 2.75) is 12.8 Å². The second-order valence-electron chi connectivity index (χ2n) is 7.25. The van der Waals surface area contributed by atoms with E-state index in [1.807, 2.05) is 31.2 Å². The van der Waals surface area contributed by atoms with Crippen LogP contribution in [0.2, 0.25) is 0 Å². The molecule has 166 valence electrons. The molecule has 1 heterocycles. The van der Waals surface area contributed by atoms with Crippen LogP contribution in [0.1, 0.15) is 34.3 Å². The van der Waals surface area contributed by atoms with Gasteiger partial charge in [0.15, 0.2) is 0 Å². The van der Waals surface area contributed by atoms with Crippen LogP contribution in [-0.4, -0.2) is 19.7 Å². The van der Waals surface area contributed by atoms with Gasteiger partial charge in [-0.2, -0.15) is 5.26 Å². The molecule has 4 rings (SSSR count). The zero-order valence-corrected chi connectivity index (χ0v) is 18.2. The predicted octanol–water partition coefficient (Wildman–Crippen LogP) is 4.53. The summed E-state index contributed by atoms with van der Waals surface area (Å²) in [6.07, 6.45) is 0. The normalized spacial score (nSPS) is 14.5. The molecule has 0 amide bonds. The molecule has 3 aromatic carbocycles. The number of rotatable bonds is 6. The maximum atomic E-state index is 12.6. The summed E-state index contributed by atoms with van der Waals surface area (Å²) in [5, 5.41) is 9.76. The molecule has 1 aliphatic rings. The van der Waals surface area contributed by atoms with Crippen LogP contribution in [0.15, 0.2) is 78.2 Å². The molecule has 2 N–H and O–H groups in total. The van der Waals surface area contributed by atoms with Gasteiger partial charge >= 0.3 is 5.97 Å². The van der Waals surface area contributed by atoms with Crippen LogP contribution in [-0.2, 0) is 0 Å². The summed E-state index contributed by atoms with van der Waals surface area (Å²) in [4.78, 5) is 12.6. The zero-order valence-electron chi connectivity index (χ0n) is 18.2. The van der Waals surface area contributed by atoms with Crippen LogP contribution >= 0.6 is 0 Å². The number of carbonyl (C=O) groups is 1. The van der Waals surface area contributed by atoms with E-state index >= 15 is 0 Å². The molecule has 0 radical (unpaired) electrons. The molecule has 0 saturated carbocycles. The minimum absolute atomic E-state index is 0.00749. The number of methoxy groups -OCH3 is 1. The highest BCUT2D eigenvalue weighted by atomic mass is 16.5. The number of hydrogen-bond acceptors (Lipinski definition) is 7. The monoisotopic (exact) mass is 442 g/mol. The standard InChI is InChI=1S/C26H22N2O5/c1-3-31-19-9-4-6-16(12-19)24-21-11-10-20(14-23(21)33-25(28)22(24)15-27)32-26(29)17-7-5-8-18(13-17)30-2/h4-14,24H,3,28H2,1-2H3. The molecule has 0 spiro atoms. The van der Waals surface area contributed by atoms with E-state index in [2.05, 4.69) is 6.07 Å². The SMILES string of the molecule is CCOc1cccc(C2C(C#N)=C(N)Oc3cc(OC(=O)c4cccc(OC)c4)ccc32)c1. The minimum Gasteiger partial charge on any atom is -0.497 e. The Bertz CT molecular complexity index is 1280. The van der Waals surface area contributed by atoms with E-state index in [1.54, 1.807) is 42.5 Å². The Kier molecular flexibility index (Phi) is 6.18. The van der Waals surface area contributed by atoms with Crippen LogP contribution in [0.4, 0.5) is 0 Å². The van der Waals surface area contributed by atoms with Gasteiger partial charge in [-0.1, -0.05) is 24.3 Å². The van der Waals surface area contributed by atoms with Crippen LogP contribution in [0.3, 0.4) is 0 Å². The van der Waals surface area contributed by atoms with E-state index < -0.39 is 11.9 Å². The lowest BCUT2D eigenvalue weighted by molar-refractivity contribution is 0.0734. The van der Waals surface area contributed by atoms with Crippen molar-refractivity contribution in [1.82, 2.24) is 0 Å². The Morgan fingerprint density at radius 3 is 2.61 bits per heavy atom. The summed E-state index contributed by atoms with van der Waals surface area (Å²) < 4.78 is 22.0. The molecule has 0 fully saturated rings. The summed E-state index contributed by atoms with van der Waals surface area (Å²) >= 11 is 0. The van der Waals surface area contributed by atoms with Crippen molar-refractivity contribution < 1.29 is 23.7 Å². The molecular weight excluding hydrogens is 420 g/mol. The first-order valence-corrected chi connectivity index (χ1v) is 10.3. The lowest BCUT2D eigenvalue weighted by atomic mass is 9.83. The van der Waals surface area contributed by atoms with Crippen molar-refractivity contribution in [3.63, 3.8) is 0 Å². The van der Waals surface area contributed by atoms with Gasteiger partial charge in [-0.15, -0.1) is 0 Å². The van der Waals surface area contributed by atoms with Crippen molar-refractivity contribution in [3.8, 4) is 29.1 Å². The van der Waals surface area contributed by atoms with E-state index in [-0.39, 0.29) is 11.6 Å². The highest BCUT2D eigenvalue weighted by Gasteiger charge is 2.31. The van der Waals surface area contributed by atoms with E-state index in [1.165, 1.54) is 7.11 Å². The summed E-state index contributed by atoms with van der Waals surface area (Å²) in [5.41, 5.74) is 8.31. The third-order valence-electron chi connectivity index (χ3n) is 5.21. The largest absolute Gasteiger partial charge is 0.497 e. The Hall–Kier alpha value is -4.44. The molecule has 33 heavy (non-hydrogen) atoms. The topological polar surface area (TPSA) is 104 Å². The fourth-order valence-electron chi connectivity index (χ4n) is 3.71. The Balaban J connectivity index is 1.67. The second kappa shape index (κ2) is 9.37. The number of carbonyl (C=O) groups excluding carboxylic acids is 1. The molecule has 0 aliphatic carbocycles. The molecule has 1 atom stereocenters. The average Bonchev–Trinajstić information content (AvgIpc) is 2.83. The van der Waals surface area contributed by atoms with Gasteiger partial charge in [0, 0.05) is 11.6 Å². The van der Waals surface area contributed by atoms with Gasteiger partial charge in [0.25, 0.3) is 0 Å². The Labute approximate surface area is 191 Å². The molecule has 7 nitrogen and oxygen atoms in total. The summed E-state index contributed by atoms with van der Waals surface area (Å²) in [7, 11) is 1.53. The van der Waals surface area contributed by atoms with Gasteiger partial charge < -0.3 is 24.7 Å². The number of ether oxygens (including phenoxy) is 4. The van der Waals surface area contributed by atoms with Crippen molar-refractivity contribution in [1.29, 1.82) is 5.26 Å². The van der Waals surface area contributed by atoms with Gasteiger partial charge in [0.1, 0.15) is 34.6 Å². The summed E-state index contributed by atoms with van der Waals surface area (Å²) in [5.74, 6) is 0.980. The highest BCUT2D eigenvalue weighted by Crippen LogP contribution is 2.44.